The molecule has 5 nitrogen and oxygen atoms in total. The maximum absolute atomic E-state index is 12.4. The summed E-state index contributed by atoms with van der Waals surface area (Å²) in [7, 11) is 0. The van der Waals surface area contributed by atoms with E-state index in [-0.39, 0.29) is 5.91 Å². The Morgan fingerprint density at radius 2 is 2.14 bits per heavy atom. The predicted octanol–water partition coefficient (Wildman–Crippen LogP) is 2.55. The highest BCUT2D eigenvalue weighted by Gasteiger charge is 2.27. The summed E-state index contributed by atoms with van der Waals surface area (Å²) < 4.78 is 5.17. The summed E-state index contributed by atoms with van der Waals surface area (Å²) in [5.74, 6) is -0.0716. The van der Waals surface area contributed by atoms with Crippen molar-refractivity contribution in [2.45, 2.75) is 52.3 Å². The van der Waals surface area contributed by atoms with Crippen molar-refractivity contribution in [3.05, 3.63) is 21.9 Å². The van der Waals surface area contributed by atoms with Gasteiger partial charge in [-0.1, -0.05) is 0 Å². The molecule has 1 aliphatic rings. The van der Waals surface area contributed by atoms with E-state index >= 15 is 0 Å². The minimum absolute atomic E-state index is 0.0716. The molecule has 1 unspecified atom stereocenters. The first kappa shape index (κ1) is 15.8. The summed E-state index contributed by atoms with van der Waals surface area (Å²) >= 11 is 1.74. The van der Waals surface area contributed by atoms with E-state index in [2.05, 4.69) is 16.8 Å². The van der Waals surface area contributed by atoms with Gasteiger partial charge in [0, 0.05) is 18.0 Å². The monoisotopic (exact) mass is 310 g/mol. The van der Waals surface area contributed by atoms with Gasteiger partial charge < -0.3 is 15.0 Å². The number of hydrogen-bond donors (Lipinski definition) is 1. The van der Waals surface area contributed by atoms with Crippen molar-refractivity contribution in [2.24, 2.45) is 0 Å². The van der Waals surface area contributed by atoms with Crippen molar-refractivity contribution in [3.63, 3.8) is 0 Å². The summed E-state index contributed by atoms with van der Waals surface area (Å²) in [6.07, 6.45) is 0.328. The van der Waals surface area contributed by atoms with Gasteiger partial charge in [-0.3, -0.25) is 4.79 Å². The van der Waals surface area contributed by atoms with Crippen molar-refractivity contribution >= 4 is 23.3 Å². The Hall–Kier alpha value is -1.56. The van der Waals surface area contributed by atoms with Crippen LogP contribution >= 0.6 is 11.3 Å². The number of amides is 2. The molecule has 6 heteroatoms. The summed E-state index contributed by atoms with van der Waals surface area (Å²) in [4.78, 5) is 27.2. The zero-order valence-corrected chi connectivity index (χ0v) is 13.8. The first-order valence-electron chi connectivity index (χ1n) is 7.10. The molecule has 1 atom stereocenters. The number of nitrogens with zero attached hydrogens (tertiary/aromatic N) is 1. The Morgan fingerprint density at radius 3 is 2.81 bits per heavy atom. The van der Waals surface area contributed by atoms with E-state index in [1.807, 2.05) is 0 Å². The Labute approximate surface area is 129 Å². The molecular weight excluding hydrogens is 288 g/mol. The van der Waals surface area contributed by atoms with Gasteiger partial charge in [-0.15, -0.1) is 11.3 Å². The number of nitrogens with one attached hydrogen (secondary N) is 1. The van der Waals surface area contributed by atoms with Crippen LogP contribution < -0.4 is 5.32 Å². The molecule has 0 aliphatic carbocycles. The molecule has 0 aromatic carbocycles. The highest BCUT2D eigenvalue weighted by molar-refractivity contribution is 7.10. The van der Waals surface area contributed by atoms with Crippen LogP contribution in [0, 0.1) is 0 Å². The third kappa shape index (κ3) is 4.20. The summed E-state index contributed by atoms with van der Waals surface area (Å²) in [6, 6.07) is 1.48. The van der Waals surface area contributed by atoms with Gasteiger partial charge in [-0.25, -0.2) is 4.79 Å². The summed E-state index contributed by atoms with van der Waals surface area (Å²) in [5, 5.41) is 4.66. The van der Waals surface area contributed by atoms with Gasteiger partial charge in [0.1, 0.15) is 11.6 Å². The highest BCUT2D eigenvalue weighted by atomic mass is 32.1. The Balaban J connectivity index is 1.90. The smallest absolute Gasteiger partial charge is 0.408 e. The highest BCUT2D eigenvalue weighted by Crippen LogP contribution is 2.24. The van der Waals surface area contributed by atoms with Crippen LogP contribution in [0.2, 0.25) is 0 Å². The number of fused-ring (bicyclic) bond motifs is 1. The lowest BCUT2D eigenvalue weighted by molar-refractivity contribution is -0.133. The average Bonchev–Trinajstić information content (AvgIpc) is 2.82. The quantitative estimate of drug-likeness (QED) is 0.913. The lowest BCUT2D eigenvalue weighted by Crippen LogP contribution is -2.49. The van der Waals surface area contributed by atoms with Crippen molar-refractivity contribution in [3.8, 4) is 0 Å². The number of ether oxygens (including phenoxy) is 1. The predicted molar refractivity (Wildman–Crippen MR) is 82.3 cm³/mol. The SMILES string of the molecule is CC(NC(=O)OC(C)(C)C)C(=O)N1CCc2sccc2C1. The molecule has 1 aromatic rings. The van der Waals surface area contributed by atoms with Crippen LogP contribution in [0.5, 0.6) is 0 Å². The molecule has 0 radical (unpaired) electrons. The van der Waals surface area contributed by atoms with Crippen molar-refractivity contribution in [2.75, 3.05) is 6.54 Å². The van der Waals surface area contributed by atoms with Crippen LogP contribution in [-0.2, 0) is 22.5 Å². The van der Waals surface area contributed by atoms with Gasteiger partial charge in [0.05, 0.1) is 0 Å². The van der Waals surface area contributed by atoms with Gasteiger partial charge >= 0.3 is 6.09 Å². The fourth-order valence-corrected chi connectivity index (χ4v) is 3.15. The number of carbonyl (C=O) groups is 2. The largest absolute Gasteiger partial charge is 0.444 e. The van der Waals surface area contributed by atoms with Crippen molar-refractivity contribution in [1.29, 1.82) is 0 Å². The van der Waals surface area contributed by atoms with Gasteiger partial charge in [0.15, 0.2) is 0 Å². The second kappa shape index (κ2) is 6.05. The molecule has 0 saturated carbocycles. The number of carbonyl (C=O) groups excluding carboxylic acids is 2. The normalized spacial score (nSPS) is 16.1. The van der Waals surface area contributed by atoms with Gasteiger partial charge in [0.2, 0.25) is 5.91 Å². The molecule has 0 spiro atoms. The first-order chi connectivity index (χ1) is 9.76. The van der Waals surface area contributed by atoms with Crippen LogP contribution in [-0.4, -0.2) is 35.1 Å². The molecular formula is C15H22N2O3S. The topological polar surface area (TPSA) is 58.6 Å². The van der Waals surface area contributed by atoms with Crippen LogP contribution in [0.1, 0.15) is 38.1 Å². The zero-order valence-electron chi connectivity index (χ0n) is 12.9. The Morgan fingerprint density at radius 1 is 1.43 bits per heavy atom. The molecule has 0 saturated heterocycles. The minimum atomic E-state index is -0.583. The molecule has 2 rings (SSSR count). The average molecular weight is 310 g/mol. The van der Waals surface area contributed by atoms with E-state index in [1.165, 1.54) is 10.4 Å². The zero-order chi connectivity index (χ0) is 15.6. The molecule has 0 fully saturated rings. The summed E-state index contributed by atoms with van der Waals surface area (Å²) in [5.41, 5.74) is 0.646. The Bertz CT molecular complexity index is 533. The van der Waals surface area contributed by atoms with Crippen molar-refractivity contribution < 1.29 is 14.3 Å². The molecule has 0 bridgehead atoms. The van der Waals surface area contributed by atoms with Crippen LogP contribution in [0.3, 0.4) is 0 Å². The third-order valence-electron chi connectivity index (χ3n) is 3.22. The van der Waals surface area contributed by atoms with E-state index in [4.69, 9.17) is 4.74 Å². The molecule has 2 heterocycles. The van der Waals surface area contributed by atoms with Gasteiger partial charge in [-0.05, 0) is 51.1 Å². The molecule has 1 N–H and O–H groups in total. The third-order valence-corrected chi connectivity index (χ3v) is 4.25. The van der Waals surface area contributed by atoms with E-state index in [0.29, 0.717) is 13.1 Å². The maximum atomic E-state index is 12.4. The van der Waals surface area contributed by atoms with E-state index < -0.39 is 17.7 Å². The van der Waals surface area contributed by atoms with E-state index in [0.717, 1.165) is 6.42 Å². The van der Waals surface area contributed by atoms with E-state index in [9.17, 15) is 9.59 Å². The van der Waals surface area contributed by atoms with E-state index in [1.54, 1.807) is 43.9 Å². The summed E-state index contributed by atoms with van der Waals surface area (Å²) in [6.45, 7) is 8.39. The molecule has 1 aliphatic heterocycles. The number of hydrogen-bond acceptors (Lipinski definition) is 4. The number of thiophene rings is 1. The fraction of sp³-hybridized carbons (Fsp3) is 0.600. The lowest BCUT2D eigenvalue weighted by Gasteiger charge is -2.30. The van der Waals surface area contributed by atoms with Crippen LogP contribution in [0.15, 0.2) is 11.4 Å². The molecule has 116 valence electrons. The Kier molecular flexibility index (Phi) is 4.56. The van der Waals surface area contributed by atoms with Gasteiger partial charge in [0.25, 0.3) is 0 Å². The van der Waals surface area contributed by atoms with Crippen LogP contribution in [0.4, 0.5) is 4.79 Å². The molecule has 1 aromatic heterocycles. The fourth-order valence-electron chi connectivity index (χ4n) is 2.26. The van der Waals surface area contributed by atoms with Gasteiger partial charge in [-0.2, -0.15) is 0 Å². The minimum Gasteiger partial charge on any atom is -0.444 e. The number of rotatable bonds is 2. The molecule has 21 heavy (non-hydrogen) atoms. The van der Waals surface area contributed by atoms with Crippen molar-refractivity contribution in [1.82, 2.24) is 10.2 Å². The van der Waals surface area contributed by atoms with Crippen LogP contribution in [0.25, 0.3) is 0 Å². The molecule has 2 amide bonds. The first-order valence-corrected chi connectivity index (χ1v) is 7.98. The standard InChI is InChI=1S/C15H22N2O3S/c1-10(16-14(19)20-15(2,3)4)13(18)17-7-5-12-11(9-17)6-8-21-12/h6,8,10H,5,7,9H2,1-4H3,(H,16,19). The maximum Gasteiger partial charge on any atom is 0.408 e. The second-order valence-corrected chi connectivity index (χ2v) is 7.25. The lowest BCUT2D eigenvalue weighted by atomic mass is 10.1. The number of alkyl carbamates (subject to hydrolysis) is 1. The second-order valence-electron chi connectivity index (χ2n) is 6.25.